The van der Waals surface area contributed by atoms with Gasteiger partial charge in [-0.1, -0.05) is 15.9 Å². The molecule has 2 N–H and O–H groups in total. The van der Waals surface area contributed by atoms with Crippen molar-refractivity contribution in [3.8, 4) is 11.5 Å². The molecule has 1 aliphatic carbocycles. The molecular weight excluding hydrogens is 420 g/mol. The van der Waals surface area contributed by atoms with Crippen LogP contribution in [0.1, 0.15) is 28.1 Å². The average molecular weight is 439 g/mol. The van der Waals surface area contributed by atoms with E-state index in [9.17, 15) is 9.59 Å². The Balaban J connectivity index is 1.62. The topological polar surface area (TPSA) is 76.7 Å². The molecule has 1 aromatic carbocycles. The average Bonchev–Trinajstić information content (AvgIpc) is 3.39. The summed E-state index contributed by atoms with van der Waals surface area (Å²) in [5.74, 6) is 1.19. The van der Waals surface area contributed by atoms with Crippen molar-refractivity contribution in [2.75, 3.05) is 19.5 Å². The molecule has 0 saturated heterocycles. The Hall–Kier alpha value is -2.06. The number of rotatable bonds is 7. The van der Waals surface area contributed by atoms with Crippen LogP contribution in [0.5, 0.6) is 11.5 Å². The van der Waals surface area contributed by atoms with Gasteiger partial charge in [0.05, 0.1) is 24.1 Å². The summed E-state index contributed by atoms with van der Waals surface area (Å²) >= 11 is 4.74. The molecule has 0 radical (unpaired) electrons. The SMILES string of the molecule is COc1cc(Br)c(CNC(=O)c2ccc(NC(=O)C3CC3)s2)cc1OC. The highest BCUT2D eigenvalue weighted by Gasteiger charge is 2.29. The van der Waals surface area contributed by atoms with Gasteiger partial charge in [0.1, 0.15) is 0 Å². The van der Waals surface area contributed by atoms with Crippen molar-refractivity contribution >= 4 is 44.1 Å². The van der Waals surface area contributed by atoms with Gasteiger partial charge in [0.25, 0.3) is 5.91 Å². The molecule has 1 heterocycles. The third-order valence-corrected chi connectivity index (χ3v) is 5.75. The highest BCUT2D eigenvalue weighted by atomic mass is 79.9. The van der Waals surface area contributed by atoms with Gasteiger partial charge in [0.2, 0.25) is 5.91 Å². The molecule has 1 aromatic heterocycles. The van der Waals surface area contributed by atoms with Gasteiger partial charge in [-0.25, -0.2) is 0 Å². The Kier molecular flexibility index (Phi) is 5.83. The largest absolute Gasteiger partial charge is 0.493 e. The first kappa shape index (κ1) is 18.7. The number of methoxy groups -OCH3 is 2. The van der Waals surface area contributed by atoms with Crippen molar-refractivity contribution in [2.45, 2.75) is 19.4 Å². The maximum atomic E-state index is 12.4. The molecule has 8 heteroatoms. The zero-order valence-corrected chi connectivity index (χ0v) is 16.8. The number of thiophene rings is 1. The number of halogens is 1. The minimum Gasteiger partial charge on any atom is -0.493 e. The zero-order chi connectivity index (χ0) is 18.7. The second kappa shape index (κ2) is 8.09. The lowest BCUT2D eigenvalue weighted by Gasteiger charge is -2.12. The summed E-state index contributed by atoms with van der Waals surface area (Å²) in [7, 11) is 3.14. The summed E-state index contributed by atoms with van der Waals surface area (Å²) in [5.41, 5.74) is 0.870. The lowest BCUT2D eigenvalue weighted by Crippen LogP contribution is -2.22. The fourth-order valence-electron chi connectivity index (χ4n) is 2.39. The lowest BCUT2D eigenvalue weighted by atomic mass is 10.2. The van der Waals surface area contributed by atoms with Gasteiger partial charge < -0.3 is 20.1 Å². The quantitative estimate of drug-likeness (QED) is 0.688. The van der Waals surface area contributed by atoms with Gasteiger partial charge >= 0.3 is 0 Å². The smallest absolute Gasteiger partial charge is 0.261 e. The Morgan fingerprint density at radius 1 is 1.19 bits per heavy atom. The zero-order valence-electron chi connectivity index (χ0n) is 14.4. The highest BCUT2D eigenvalue weighted by Crippen LogP contribution is 2.34. The summed E-state index contributed by atoms with van der Waals surface area (Å²) in [6, 6.07) is 7.09. The lowest BCUT2D eigenvalue weighted by molar-refractivity contribution is -0.117. The van der Waals surface area contributed by atoms with Crippen LogP contribution in [0.2, 0.25) is 0 Å². The minimum absolute atomic E-state index is 0.0352. The maximum absolute atomic E-state index is 12.4. The predicted molar refractivity (Wildman–Crippen MR) is 104 cm³/mol. The van der Waals surface area contributed by atoms with E-state index in [4.69, 9.17) is 9.47 Å². The monoisotopic (exact) mass is 438 g/mol. The summed E-state index contributed by atoms with van der Waals surface area (Å²) in [6.45, 7) is 0.335. The highest BCUT2D eigenvalue weighted by molar-refractivity contribution is 9.10. The number of nitrogens with one attached hydrogen (secondary N) is 2. The van der Waals surface area contributed by atoms with Crippen LogP contribution in [-0.2, 0) is 11.3 Å². The third kappa shape index (κ3) is 4.37. The number of amides is 2. The molecule has 0 aliphatic heterocycles. The van der Waals surface area contributed by atoms with Crippen LogP contribution in [0.25, 0.3) is 0 Å². The maximum Gasteiger partial charge on any atom is 0.261 e. The molecule has 26 heavy (non-hydrogen) atoms. The van der Waals surface area contributed by atoms with Crippen LogP contribution in [-0.4, -0.2) is 26.0 Å². The molecular formula is C18H19BrN2O4S. The molecule has 0 atom stereocenters. The van der Waals surface area contributed by atoms with E-state index in [1.165, 1.54) is 11.3 Å². The minimum atomic E-state index is -0.191. The number of carbonyl (C=O) groups is 2. The summed E-state index contributed by atoms with van der Waals surface area (Å²) in [5, 5.41) is 6.42. The molecule has 0 bridgehead atoms. The van der Waals surface area contributed by atoms with Crippen LogP contribution in [0.3, 0.4) is 0 Å². The number of benzene rings is 1. The number of anilines is 1. The van der Waals surface area contributed by atoms with E-state index in [2.05, 4.69) is 26.6 Å². The Labute approximate surface area is 164 Å². The number of ether oxygens (including phenoxy) is 2. The van der Waals surface area contributed by atoms with Crippen molar-refractivity contribution in [3.05, 3.63) is 39.2 Å². The third-order valence-electron chi connectivity index (χ3n) is 4.02. The summed E-state index contributed by atoms with van der Waals surface area (Å²) < 4.78 is 11.4. The Morgan fingerprint density at radius 2 is 1.88 bits per heavy atom. The van der Waals surface area contributed by atoms with E-state index in [1.807, 2.05) is 6.07 Å². The van der Waals surface area contributed by atoms with Crippen molar-refractivity contribution in [2.24, 2.45) is 5.92 Å². The standard InChI is InChI=1S/C18H19BrN2O4S/c1-24-13-7-11(12(19)8-14(13)25-2)9-20-18(23)15-5-6-16(26-15)21-17(22)10-3-4-10/h5-8,10H,3-4,9H2,1-2H3,(H,20,23)(H,21,22). The van der Waals surface area contributed by atoms with Gasteiger partial charge in [-0.05, 0) is 42.7 Å². The first-order valence-electron chi connectivity index (χ1n) is 8.11. The van der Waals surface area contributed by atoms with Crippen LogP contribution in [0.15, 0.2) is 28.7 Å². The molecule has 6 nitrogen and oxygen atoms in total. The van der Waals surface area contributed by atoms with Crippen molar-refractivity contribution in [1.82, 2.24) is 5.32 Å². The fraction of sp³-hybridized carbons (Fsp3) is 0.333. The molecule has 1 fully saturated rings. The molecule has 0 unspecified atom stereocenters. The number of hydrogen-bond donors (Lipinski definition) is 2. The first-order chi connectivity index (χ1) is 12.5. The molecule has 1 saturated carbocycles. The van der Waals surface area contributed by atoms with Crippen LogP contribution in [0, 0.1) is 5.92 Å². The predicted octanol–water partition coefficient (Wildman–Crippen LogP) is 3.81. The van der Waals surface area contributed by atoms with E-state index >= 15 is 0 Å². The van der Waals surface area contributed by atoms with E-state index < -0.39 is 0 Å². The van der Waals surface area contributed by atoms with E-state index in [0.29, 0.717) is 27.9 Å². The van der Waals surface area contributed by atoms with Gasteiger partial charge in [0.15, 0.2) is 11.5 Å². The van der Waals surface area contributed by atoms with Crippen molar-refractivity contribution in [3.63, 3.8) is 0 Å². The van der Waals surface area contributed by atoms with Crippen molar-refractivity contribution in [1.29, 1.82) is 0 Å². The molecule has 1 aliphatic rings. The molecule has 138 valence electrons. The Morgan fingerprint density at radius 3 is 2.54 bits per heavy atom. The van der Waals surface area contributed by atoms with Gasteiger partial charge in [-0.15, -0.1) is 11.3 Å². The number of carbonyl (C=O) groups excluding carboxylic acids is 2. The van der Waals surface area contributed by atoms with Gasteiger partial charge in [-0.2, -0.15) is 0 Å². The van der Waals surface area contributed by atoms with E-state index in [1.54, 1.807) is 32.4 Å². The molecule has 0 spiro atoms. The van der Waals surface area contributed by atoms with Crippen molar-refractivity contribution < 1.29 is 19.1 Å². The summed E-state index contributed by atoms with van der Waals surface area (Å²) in [6.07, 6.45) is 1.90. The molecule has 3 rings (SSSR count). The van der Waals surface area contributed by atoms with Crippen LogP contribution in [0.4, 0.5) is 5.00 Å². The van der Waals surface area contributed by atoms with Gasteiger partial charge in [-0.3, -0.25) is 9.59 Å². The second-order valence-corrected chi connectivity index (χ2v) is 7.85. The van der Waals surface area contributed by atoms with Crippen LogP contribution < -0.4 is 20.1 Å². The fourth-order valence-corrected chi connectivity index (χ4v) is 3.68. The van der Waals surface area contributed by atoms with E-state index in [0.717, 1.165) is 22.9 Å². The summed E-state index contributed by atoms with van der Waals surface area (Å²) in [4.78, 5) is 24.7. The van der Waals surface area contributed by atoms with Gasteiger partial charge in [0, 0.05) is 16.9 Å². The normalized spacial score (nSPS) is 13.2. The Bertz CT molecular complexity index is 833. The first-order valence-corrected chi connectivity index (χ1v) is 9.72. The van der Waals surface area contributed by atoms with E-state index in [-0.39, 0.29) is 17.7 Å². The second-order valence-electron chi connectivity index (χ2n) is 5.91. The number of hydrogen-bond acceptors (Lipinski definition) is 5. The molecule has 2 amide bonds. The van der Waals surface area contributed by atoms with Crippen LogP contribution >= 0.6 is 27.3 Å². The molecule has 2 aromatic rings.